The maximum atomic E-state index is 13.5. The zero-order valence-electron chi connectivity index (χ0n) is 23.4. The molecule has 3 rings (SSSR count). The average molecular weight is 562 g/mol. The number of carboxylic acids is 1. The molecule has 1 aromatic rings. The number of ether oxygens (including phenoxy) is 4. The van der Waals surface area contributed by atoms with Crippen molar-refractivity contribution in [2.75, 3.05) is 26.3 Å². The molecule has 2 heterocycles. The molecule has 2 amide bonds. The van der Waals surface area contributed by atoms with Gasteiger partial charge < -0.3 is 34.5 Å². The first-order chi connectivity index (χ1) is 19.0. The maximum absolute atomic E-state index is 13.5. The van der Waals surface area contributed by atoms with E-state index < -0.39 is 35.2 Å². The minimum absolute atomic E-state index is 0.0509. The molecule has 220 valence electrons. The predicted molar refractivity (Wildman–Crippen MR) is 143 cm³/mol. The second-order valence-electron chi connectivity index (χ2n) is 10.3. The summed E-state index contributed by atoms with van der Waals surface area (Å²) in [7, 11) is 0. The third-order valence-electron chi connectivity index (χ3n) is 5.92. The van der Waals surface area contributed by atoms with Crippen molar-refractivity contribution in [3.05, 3.63) is 59.1 Å². The van der Waals surface area contributed by atoms with Gasteiger partial charge in [0.2, 0.25) is 0 Å². The van der Waals surface area contributed by atoms with Crippen LogP contribution in [-0.4, -0.2) is 82.5 Å². The van der Waals surface area contributed by atoms with Gasteiger partial charge in [-0.1, -0.05) is 30.3 Å². The van der Waals surface area contributed by atoms with Crippen molar-refractivity contribution in [3.8, 4) is 0 Å². The molecule has 2 aliphatic heterocycles. The third kappa shape index (κ3) is 8.44. The van der Waals surface area contributed by atoms with E-state index in [1.807, 2.05) is 6.07 Å². The minimum Gasteiger partial charge on any atom is -0.488 e. The van der Waals surface area contributed by atoms with Crippen molar-refractivity contribution >= 4 is 18.0 Å². The molecule has 0 saturated carbocycles. The van der Waals surface area contributed by atoms with E-state index in [1.165, 1.54) is 0 Å². The van der Waals surface area contributed by atoms with Crippen LogP contribution >= 0.6 is 0 Å². The molecule has 1 aromatic carbocycles. The molecule has 40 heavy (non-hydrogen) atoms. The van der Waals surface area contributed by atoms with Crippen molar-refractivity contribution in [1.82, 2.24) is 15.3 Å². The van der Waals surface area contributed by atoms with Gasteiger partial charge in [-0.3, -0.25) is 4.79 Å². The molecule has 0 aliphatic carbocycles. The highest BCUT2D eigenvalue weighted by Crippen LogP contribution is 2.31. The molecule has 1 saturated heterocycles. The monoisotopic (exact) mass is 561 g/mol. The number of aliphatic carboxylic acids is 1. The molecule has 0 spiro atoms. The van der Waals surface area contributed by atoms with Gasteiger partial charge in [0.15, 0.2) is 17.7 Å². The maximum Gasteiger partial charge on any atom is 0.429 e. The predicted octanol–water partition coefficient (Wildman–Crippen LogP) is 2.89. The van der Waals surface area contributed by atoms with Crippen LogP contribution in [0, 0.1) is 0 Å². The van der Waals surface area contributed by atoms with Gasteiger partial charge in [0.05, 0.1) is 18.8 Å². The van der Waals surface area contributed by atoms with E-state index in [1.54, 1.807) is 52.0 Å². The highest BCUT2D eigenvalue weighted by molar-refractivity contribution is 5.96. The molecule has 0 bridgehead atoms. The van der Waals surface area contributed by atoms with E-state index in [0.29, 0.717) is 32.5 Å². The summed E-state index contributed by atoms with van der Waals surface area (Å²) in [6.07, 6.45) is -0.146. The van der Waals surface area contributed by atoms with E-state index in [9.17, 15) is 24.6 Å². The number of aliphatic hydroxyl groups is 1. The number of amides is 2. The van der Waals surface area contributed by atoms with Crippen LogP contribution in [0.1, 0.15) is 52.5 Å². The van der Waals surface area contributed by atoms with Crippen LogP contribution in [-0.2, 0) is 35.1 Å². The molecule has 0 aromatic heterocycles. The lowest BCUT2D eigenvalue weighted by molar-refractivity contribution is -0.135. The lowest BCUT2D eigenvalue weighted by Gasteiger charge is -2.39. The van der Waals surface area contributed by atoms with Crippen LogP contribution in [0.2, 0.25) is 0 Å². The van der Waals surface area contributed by atoms with Crippen molar-refractivity contribution < 1.29 is 43.5 Å². The molecular weight excluding hydrogens is 522 g/mol. The second kappa shape index (κ2) is 14.1. The van der Waals surface area contributed by atoms with E-state index in [4.69, 9.17) is 18.9 Å². The van der Waals surface area contributed by atoms with Gasteiger partial charge >= 0.3 is 12.1 Å². The number of aliphatic hydroxyl groups excluding tert-OH is 1. The van der Waals surface area contributed by atoms with Gasteiger partial charge in [-0.2, -0.15) is 0 Å². The molecule has 2 aliphatic rings. The topological polar surface area (TPSA) is 147 Å². The molecule has 1 fully saturated rings. The Hall–Kier alpha value is -3.61. The average Bonchev–Trinajstić information content (AvgIpc) is 3.41. The zero-order chi connectivity index (χ0) is 29.3. The normalized spacial score (nSPS) is 17.9. The number of carbonyl (C=O) groups excluding carboxylic acids is 2. The number of hydrogen-bond acceptors (Lipinski definition) is 9. The molecule has 0 radical (unpaired) electrons. The van der Waals surface area contributed by atoms with E-state index in [-0.39, 0.29) is 37.4 Å². The summed E-state index contributed by atoms with van der Waals surface area (Å²) >= 11 is 0. The van der Waals surface area contributed by atoms with Gasteiger partial charge in [0.1, 0.15) is 18.3 Å². The minimum atomic E-state index is -1.76. The fourth-order valence-electron chi connectivity index (χ4n) is 4.10. The number of likely N-dealkylation sites (N-methyl/N-ethyl adjacent to an activating group) is 1. The number of hydrogen-bond donors (Lipinski definition) is 3. The lowest BCUT2D eigenvalue weighted by Crippen LogP contribution is -2.52. The van der Waals surface area contributed by atoms with Crippen LogP contribution in [0.25, 0.3) is 0 Å². The smallest absolute Gasteiger partial charge is 0.429 e. The number of nitrogens with one attached hydrogen (secondary N) is 1. The Morgan fingerprint density at radius 3 is 2.40 bits per heavy atom. The van der Waals surface area contributed by atoms with Crippen LogP contribution in [0.4, 0.5) is 4.79 Å². The Morgan fingerprint density at radius 2 is 1.80 bits per heavy atom. The Morgan fingerprint density at radius 1 is 1.12 bits per heavy atom. The van der Waals surface area contributed by atoms with Gasteiger partial charge in [-0.25, -0.2) is 19.6 Å². The Labute approximate surface area is 234 Å². The summed E-state index contributed by atoms with van der Waals surface area (Å²) in [5, 5.41) is 25.8. The largest absolute Gasteiger partial charge is 0.488 e. The first-order valence-electron chi connectivity index (χ1n) is 13.4. The van der Waals surface area contributed by atoms with Crippen molar-refractivity contribution in [2.45, 2.75) is 71.6 Å². The van der Waals surface area contributed by atoms with Gasteiger partial charge in [0.25, 0.3) is 5.91 Å². The van der Waals surface area contributed by atoms with E-state index in [2.05, 4.69) is 5.32 Å². The summed E-state index contributed by atoms with van der Waals surface area (Å²) in [6, 6.07) is 9.01. The fraction of sp³-hybridized carbons (Fsp3) is 0.536. The first kappa shape index (κ1) is 30.9. The van der Waals surface area contributed by atoms with E-state index >= 15 is 0 Å². The number of rotatable bonds is 12. The summed E-state index contributed by atoms with van der Waals surface area (Å²) in [6.45, 7) is 8.12. The lowest BCUT2D eigenvalue weighted by atomic mass is 10.0. The standard InChI is InChI=1S/C28H39N3O9/c1-5-29-25(33)22-24(39-18-19-11-7-6-8-12-19)23(32)20(26(34)35)17-31(22)30(27(36)40-28(2,3)4)14-10-9-13-21-37-15-16-38-21/h6-8,11-12,17,21,23,32H,5,9-10,13-16,18H2,1-4H3,(H,29,33)(H,34,35). The molecule has 1 atom stereocenters. The van der Waals surface area contributed by atoms with E-state index in [0.717, 1.165) is 21.8 Å². The highest BCUT2D eigenvalue weighted by Gasteiger charge is 2.41. The van der Waals surface area contributed by atoms with Crippen LogP contribution in [0.5, 0.6) is 0 Å². The van der Waals surface area contributed by atoms with Crippen LogP contribution < -0.4 is 5.32 Å². The number of unbranched alkanes of at least 4 members (excludes halogenated alkanes) is 1. The zero-order valence-corrected chi connectivity index (χ0v) is 23.4. The summed E-state index contributed by atoms with van der Waals surface area (Å²) < 4.78 is 22.5. The number of hydrazine groups is 1. The molecule has 1 unspecified atom stereocenters. The van der Waals surface area contributed by atoms with Crippen molar-refractivity contribution in [1.29, 1.82) is 0 Å². The van der Waals surface area contributed by atoms with Gasteiger partial charge in [-0.15, -0.1) is 0 Å². The van der Waals surface area contributed by atoms with Gasteiger partial charge in [-0.05, 0) is 52.5 Å². The molecule has 12 heteroatoms. The molecule has 12 nitrogen and oxygen atoms in total. The van der Waals surface area contributed by atoms with Crippen molar-refractivity contribution in [2.24, 2.45) is 0 Å². The number of benzene rings is 1. The SMILES string of the molecule is CCNC(=O)C1=C(OCc2ccccc2)C(O)C(C(=O)O)=CN1N(CCCCC1OCCO1)C(=O)OC(C)(C)C. The summed E-state index contributed by atoms with van der Waals surface area (Å²) in [5.41, 5.74) is -0.839. The third-order valence-corrected chi connectivity index (χ3v) is 5.92. The Balaban J connectivity index is 2.00. The Bertz CT molecular complexity index is 1090. The molecular formula is C28H39N3O9. The van der Waals surface area contributed by atoms with Crippen LogP contribution in [0.15, 0.2) is 53.6 Å². The second-order valence-corrected chi connectivity index (χ2v) is 10.3. The summed E-state index contributed by atoms with van der Waals surface area (Å²) in [4.78, 5) is 39.0. The fourth-order valence-corrected chi connectivity index (χ4v) is 4.10. The molecule has 3 N–H and O–H groups in total. The van der Waals surface area contributed by atoms with Crippen molar-refractivity contribution in [3.63, 3.8) is 0 Å². The first-order valence-corrected chi connectivity index (χ1v) is 13.4. The number of nitrogens with zero attached hydrogens (tertiary/aromatic N) is 2. The Kier molecular flexibility index (Phi) is 10.9. The quantitative estimate of drug-likeness (QED) is 0.326. The van der Waals surface area contributed by atoms with Crippen LogP contribution in [0.3, 0.4) is 0 Å². The van der Waals surface area contributed by atoms with Gasteiger partial charge in [0, 0.05) is 19.3 Å². The number of carboxylic acid groups (broad SMARTS) is 1. The number of carbonyl (C=O) groups is 3. The summed E-state index contributed by atoms with van der Waals surface area (Å²) in [5.74, 6) is -2.39. The highest BCUT2D eigenvalue weighted by atomic mass is 16.7.